The Hall–Kier alpha value is -8.04. The second-order valence-corrected chi connectivity index (χ2v) is 24.4. The Morgan fingerprint density at radius 1 is 0.864 bits per heavy atom. The smallest absolute Gasteiger partial charge is 0.405 e. The van der Waals surface area contributed by atoms with Gasteiger partial charge in [0.2, 0.25) is 17.6 Å². The van der Waals surface area contributed by atoms with Crippen molar-refractivity contribution in [3.63, 3.8) is 0 Å². The third-order valence-electron chi connectivity index (χ3n) is 18.2. The van der Waals surface area contributed by atoms with E-state index in [1.807, 2.05) is 48.3 Å². The topological polar surface area (TPSA) is 216 Å². The first-order valence-electron chi connectivity index (χ1n) is 30.3. The van der Waals surface area contributed by atoms with E-state index in [2.05, 4.69) is 78.7 Å². The van der Waals surface area contributed by atoms with E-state index in [9.17, 15) is 43.0 Å². The first-order valence-corrected chi connectivity index (χ1v) is 30.6. The van der Waals surface area contributed by atoms with Crippen LogP contribution < -0.4 is 19.9 Å². The minimum absolute atomic E-state index is 0.00244. The predicted octanol–water partition coefficient (Wildman–Crippen LogP) is 7.94. The highest BCUT2D eigenvalue weighted by atomic mass is 35.5. The van der Waals surface area contributed by atoms with Crippen molar-refractivity contribution in [3.8, 4) is 40.7 Å². The van der Waals surface area contributed by atoms with Crippen molar-refractivity contribution in [3.05, 3.63) is 119 Å². The zero-order valence-corrected chi connectivity index (χ0v) is 50.6. The molecule has 3 atom stereocenters. The highest BCUT2D eigenvalue weighted by Gasteiger charge is 2.38. The monoisotopic (exact) mass is 1230 g/mol. The second kappa shape index (κ2) is 26.3. The number of aromatic nitrogens is 5. The van der Waals surface area contributed by atoms with Gasteiger partial charge < -0.3 is 39.9 Å². The van der Waals surface area contributed by atoms with Crippen LogP contribution in [0.3, 0.4) is 0 Å². The molecule has 11 rings (SSSR count). The minimum atomic E-state index is -4.66. The standard InChI is InChI=1S/C64H74ClF3N14O6/c1-5-56(85)81-31-30-80(36-46(81)18-22-69)58-48-21-25-79(53-11-7-9-42-8-6-10-51(65)57(42)53)37-52(48)71-63(72-58)88-38-47-17-16-45(75(47)4)35-77-26-28-78(29-27-77)62(87)43-19-23-76(24-20-43)34-41-12-14-44(15-13-41)82-59(50-32-49(40(2)3)54(83)33-55(50)84)73-74-60(82)61(86)70-39-64(66,67)68/h5-15,32-33,40,43,45-47,83-84H,1,16-21,23-31,34-39H2,2-4H3,(H,70,86)/t45-,46+,47+/m1/s1. The van der Waals surface area contributed by atoms with Gasteiger partial charge in [-0.25, -0.2) is 0 Å². The van der Waals surface area contributed by atoms with E-state index in [4.69, 9.17) is 26.3 Å². The molecule has 24 heteroatoms. The molecule has 4 saturated heterocycles. The van der Waals surface area contributed by atoms with Crippen LogP contribution in [0.5, 0.6) is 17.5 Å². The summed E-state index contributed by atoms with van der Waals surface area (Å²) >= 11 is 6.83. The summed E-state index contributed by atoms with van der Waals surface area (Å²) in [5.41, 5.74) is 4.89. The fourth-order valence-electron chi connectivity index (χ4n) is 13.3. The van der Waals surface area contributed by atoms with Gasteiger partial charge in [0.1, 0.15) is 30.5 Å². The number of hydrogen-bond acceptors (Lipinski definition) is 16. The van der Waals surface area contributed by atoms with E-state index in [1.54, 1.807) is 17.0 Å². The van der Waals surface area contributed by atoms with E-state index in [1.165, 1.54) is 16.7 Å². The Morgan fingerprint density at radius 2 is 1.60 bits per heavy atom. The van der Waals surface area contributed by atoms with Crippen LogP contribution in [0.25, 0.3) is 27.8 Å². The van der Waals surface area contributed by atoms with Crippen LogP contribution in [0.1, 0.15) is 84.9 Å². The molecular formula is C64H74ClF3N14O6. The number of piperidine rings is 1. The molecule has 0 spiro atoms. The molecule has 3 amide bonds. The average Bonchev–Trinajstić information content (AvgIpc) is 1.37. The molecule has 0 radical (unpaired) electrons. The van der Waals surface area contributed by atoms with Gasteiger partial charge in [-0.1, -0.05) is 68.4 Å². The van der Waals surface area contributed by atoms with Gasteiger partial charge in [-0.3, -0.25) is 33.7 Å². The van der Waals surface area contributed by atoms with E-state index < -0.39 is 24.5 Å². The van der Waals surface area contributed by atoms with E-state index >= 15 is 0 Å². The molecule has 7 heterocycles. The van der Waals surface area contributed by atoms with Gasteiger partial charge in [-0.05, 0) is 111 Å². The number of aromatic hydroxyl groups is 2. The summed E-state index contributed by atoms with van der Waals surface area (Å²) in [6.07, 6.45) is 0.901. The number of phenols is 2. The number of alkyl halides is 3. The number of nitrogens with zero attached hydrogens (tertiary/aromatic N) is 13. The Bertz CT molecular complexity index is 3600. The number of hydrogen-bond donors (Lipinski definition) is 3. The molecule has 0 unspecified atom stereocenters. The molecule has 4 aromatic carbocycles. The van der Waals surface area contributed by atoms with Crippen molar-refractivity contribution >= 4 is 51.6 Å². The number of carbonyl (C=O) groups excluding carboxylic acids is 3. The number of anilines is 2. The first-order chi connectivity index (χ1) is 42.3. The van der Waals surface area contributed by atoms with Crippen LogP contribution >= 0.6 is 11.6 Å². The van der Waals surface area contributed by atoms with Crippen LogP contribution in [-0.2, 0) is 29.1 Å². The summed E-state index contributed by atoms with van der Waals surface area (Å²) in [6.45, 7) is 14.7. The second-order valence-electron chi connectivity index (χ2n) is 24.0. The molecule has 0 aliphatic carbocycles. The lowest BCUT2D eigenvalue weighted by molar-refractivity contribution is -0.139. The molecule has 0 saturated carbocycles. The van der Waals surface area contributed by atoms with Crippen molar-refractivity contribution < 1.29 is 42.5 Å². The Balaban J connectivity index is 0.678. The van der Waals surface area contributed by atoms with Crippen LogP contribution in [-0.4, -0.2) is 194 Å². The number of amides is 3. The minimum Gasteiger partial charge on any atom is -0.508 e. The number of nitrogens with one attached hydrogen (secondary N) is 1. The number of likely N-dealkylation sites (N-methyl/N-ethyl adjacent to an activating group) is 1. The van der Waals surface area contributed by atoms with Crippen molar-refractivity contribution in [2.24, 2.45) is 5.92 Å². The number of likely N-dealkylation sites (tertiary alicyclic amines) is 2. The number of piperazine rings is 2. The van der Waals surface area contributed by atoms with Gasteiger partial charge in [0.05, 0.1) is 41.4 Å². The third kappa shape index (κ3) is 13.4. The van der Waals surface area contributed by atoms with Crippen molar-refractivity contribution in [2.45, 2.75) is 95.7 Å². The lowest BCUT2D eigenvalue weighted by Crippen LogP contribution is -2.55. The largest absolute Gasteiger partial charge is 0.508 e. The maximum absolute atomic E-state index is 14.0. The molecule has 5 aliphatic heterocycles. The van der Waals surface area contributed by atoms with Crippen molar-refractivity contribution in [2.75, 3.05) is 102 Å². The first kappa shape index (κ1) is 61.6. The number of nitriles is 1. The molecule has 5 aliphatic rings. The van der Waals surface area contributed by atoms with Gasteiger partial charge in [0.15, 0.2) is 5.82 Å². The Kier molecular flexibility index (Phi) is 18.4. The normalized spacial score (nSPS) is 19.9. The highest BCUT2D eigenvalue weighted by molar-refractivity contribution is 6.36. The van der Waals surface area contributed by atoms with Gasteiger partial charge >= 0.3 is 12.2 Å². The Morgan fingerprint density at radius 3 is 2.32 bits per heavy atom. The molecule has 4 fully saturated rings. The average molecular weight is 1230 g/mol. The lowest BCUT2D eigenvalue weighted by atomic mass is 9.94. The van der Waals surface area contributed by atoms with E-state index in [0.717, 1.165) is 110 Å². The summed E-state index contributed by atoms with van der Waals surface area (Å²) < 4.78 is 47.4. The van der Waals surface area contributed by atoms with Crippen LogP contribution in [0, 0.1) is 17.2 Å². The fourth-order valence-corrected chi connectivity index (χ4v) is 13.6. The van der Waals surface area contributed by atoms with E-state index in [0.29, 0.717) is 87.2 Å². The molecule has 2 aromatic heterocycles. The van der Waals surface area contributed by atoms with Crippen molar-refractivity contribution in [1.82, 2.24) is 54.5 Å². The molecule has 3 N–H and O–H groups in total. The van der Waals surface area contributed by atoms with Gasteiger partial charge in [0, 0.05) is 112 Å². The Labute approximate surface area is 514 Å². The van der Waals surface area contributed by atoms with Crippen LogP contribution in [0.4, 0.5) is 24.7 Å². The summed E-state index contributed by atoms with van der Waals surface area (Å²) in [4.78, 5) is 65.7. The summed E-state index contributed by atoms with van der Waals surface area (Å²) in [5, 5.41) is 43.9. The number of carbonyl (C=O) groups is 3. The number of fused-ring (bicyclic) bond motifs is 2. The predicted molar refractivity (Wildman–Crippen MR) is 328 cm³/mol. The van der Waals surface area contributed by atoms with Crippen LogP contribution in [0.15, 0.2) is 85.5 Å². The van der Waals surface area contributed by atoms with Crippen molar-refractivity contribution in [1.29, 1.82) is 5.26 Å². The number of halogens is 4. The quantitative estimate of drug-likeness (QED) is 0.0739. The molecule has 464 valence electrons. The summed E-state index contributed by atoms with van der Waals surface area (Å²) in [7, 11) is 2.16. The SMILES string of the molecule is C=CC(=O)N1CCN(c2nc(OC[C@@H]3CC[C@H](CN4CCN(C(=O)C5CCN(Cc6ccc(-n7c(C(=O)NCC(F)(F)F)nnc7-c7cc(C(C)C)c(O)cc7O)cc6)CC5)CC4)N3C)nc3c2CCN(c2cccc4cccc(Cl)c24)C3)C[C@@H]1CC#N. The van der Waals surface area contributed by atoms with Crippen LogP contribution in [0.2, 0.25) is 5.02 Å². The van der Waals surface area contributed by atoms with E-state index in [-0.39, 0.29) is 65.0 Å². The summed E-state index contributed by atoms with van der Waals surface area (Å²) in [6, 6.07) is 24.7. The maximum Gasteiger partial charge on any atom is 0.405 e. The highest BCUT2D eigenvalue weighted by Crippen LogP contribution is 2.40. The molecular weight excluding hydrogens is 1150 g/mol. The maximum atomic E-state index is 14.0. The number of benzene rings is 4. The fraction of sp³-hybridized carbons (Fsp3) is 0.469. The molecule has 20 nitrogen and oxygen atoms in total. The molecule has 0 bridgehead atoms. The lowest BCUT2D eigenvalue weighted by Gasteiger charge is -2.42. The zero-order chi connectivity index (χ0) is 62.0. The zero-order valence-electron chi connectivity index (χ0n) is 49.8. The summed E-state index contributed by atoms with van der Waals surface area (Å²) in [5.74, 6) is -1.45. The number of ether oxygens (including phenoxy) is 1. The number of phenolic OH excluding ortho intramolecular Hbond substituents is 2. The molecule has 6 aromatic rings. The van der Waals surface area contributed by atoms with Gasteiger partial charge in [-0.15, -0.1) is 10.2 Å². The van der Waals surface area contributed by atoms with Gasteiger partial charge in [0.25, 0.3) is 5.91 Å². The number of rotatable bonds is 17. The molecule has 88 heavy (non-hydrogen) atoms. The van der Waals surface area contributed by atoms with Gasteiger partial charge in [-0.2, -0.15) is 28.4 Å². The third-order valence-corrected chi connectivity index (χ3v) is 18.5.